The summed E-state index contributed by atoms with van der Waals surface area (Å²) in [6.07, 6.45) is 59.8. The molecule has 0 amide bonds. The van der Waals surface area contributed by atoms with Crippen LogP contribution in [-0.4, -0.2) is 37.2 Å². The normalized spacial score (nSPS) is 12.5. The molecule has 0 aliphatic heterocycles. The molecule has 6 heteroatoms. The molecule has 0 saturated heterocycles. The van der Waals surface area contributed by atoms with E-state index >= 15 is 0 Å². The molecule has 2 atom stereocenters. The van der Waals surface area contributed by atoms with Crippen LogP contribution >= 0.6 is 0 Å². The van der Waals surface area contributed by atoms with Gasteiger partial charge in [-0.15, -0.1) is 0 Å². The van der Waals surface area contributed by atoms with Crippen LogP contribution in [0.15, 0.2) is 0 Å². The SMILES string of the molecule is CCC(C)CCCCCCCCCCCCCCCCCCCCC(=O)O[C@H](COC(=O)CCCCCCCCCCCCCCCCCCCCC(C)C)COC(=O)CCCCCCCCC(C)C. The molecular formula is C64H124O6. The van der Waals surface area contributed by atoms with Crippen LogP contribution in [0, 0.1) is 17.8 Å². The number of hydrogen-bond acceptors (Lipinski definition) is 6. The van der Waals surface area contributed by atoms with Gasteiger partial charge < -0.3 is 14.2 Å². The van der Waals surface area contributed by atoms with Gasteiger partial charge in [-0.25, -0.2) is 0 Å². The van der Waals surface area contributed by atoms with E-state index in [1.54, 1.807) is 0 Å². The molecule has 6 nitrogen and oxygen atoms in total. The lowest BCUT2D eigenvalue weighted by Crippen LogP contribution is -2.30. The third-order valence-corrected chi connectivity index (χ3v) is 15.0. The Bertz CT molecular complexity index is 1090. The maximum Gasteiger partial charge on any atom is 0.306 e. The number of unbranched alkanes of at least 4 members (excludes halogenated alkanes) is 39. The van der Waals surface area contributed by atoms with Gasteiger partial charge in [0.15, 0.2) is 6.10 Å². The highest BCUT2D eigenvalue weighted by Gasteiger charge is 2.19. The summed E-state index contributed by atoms with van der Waals surface area (Å²) in [5, 5.41) is 0. The van der Waals surface area contributed by atoms with Gasteiger partial charge in [-0.3, -0.25) is 14.4 Å². The van der Waals surface area contributed by atoms with Crippen LogP contribution < -0.4 is 0 Å². The molecule has 1 unspecified atom stereocenters. The molecule has 0 spiro atoms. The van der Waals surface area contributed by atoms with Crippen molar-refractivity contribution in [3.05, 3.63) is 0 Å². The lowest BCUT2D eigenvalue weighted by molar-refractivity contribution is -0.167. The van der Waals surface area contributed by atoms with Crippen molar-refractivity contribution >= 4 is 17.9 Å². The van der Waals surface area contributed by atoms with Gasteiger partial charge in [0.1, 0.15) is 13.2 Å². The van der Waals surface area contributed by atoms with E-state index in [2.05, 4.69) is 41.5 Å². The van der Waals surface area contributed by atoms with E-state index in [0.717, 1.165) is 75.5 Å². The average molecular weight is 990 g/mol. The quantitative estimate of drug-likeness (QED) is 0.0343. The predicted molar refractivity (Wildman–Crippen MR) is 303 cm³/mol. The lowest BCUT2D eigenvalue weighted by atomic mass is 9.99. The summed E-state index contributed by atoms with van der Waals surface area (Å²) in [5.74, 6) is 1.69. The molecule has 0 N–H and O–H groups in total. The smallest absolute Gasteiger partial charge is 0.306 e. The van der Waals surface area contributed by atoms with E-state index in [9.17, 15) is 14.4 Å². The Morgan fingerprint density at radius 1 is 0.286 bits per heavy atom. The fourth-order valence-corrected chi connectivity index (χ4v) is 9.85. The molecule has 0 bridgehead atoms. The molecule has 70 heavy (non-hydrogen) atoms. The van der Waals surface area contributed by atoms with Crippen molar-refractivity contribution in [1.29, 1.82) is 0 Å². The first kappa shape index (κ1) is 68.4. The first-order valence-corrected chi connectivity index (χ1v) is 31.6. The van der Waals surface area contributed by atoms with Gasteiger partial charge in [0.2, 0.25) is 0 Å². The summed E-state index contributed by atoms with van der Waals surface area (Å²) in [5.41, 5.74) is 0. The molecule has 0 fully saturated rings. The minimum atomic E-state index is -0.764. The second-order valence-corrected chi connectivity index (χ2v) is 23.2. The Morgan fingerprint density at radius 3 is 0.743 bits per heavy atom. The van der Waals surface area contributed by atoms with Gasteiger partial charge >= 0.3 is 17.9 Å². The lowest BCUT2D eigenvalue weighted by Gasteiger charge is -2.18. The third-order valence-electron chi connectivity index (χ3n) is 15.0. The number of ether oxygens (including phenoxy) is 3. The van der Waals surface area contributed by atoms with Gasteiger partial charge in [0, 0.05) is 19.3 Å². The second kappa shape index (κ2) is 55.2. The highest BCUT2D eigenvalue weighted by molar-refractivity contribution is 5.71. The van der Waals surface area contributed by atoms with Crippen LogP contribution in [-0.2, 0) is 28.6 Å². The largest absolute Gasteiger partial charge is 0.462 e. The Kier molecular flexibility index (Phi) is 53.9. The monoisotopic (exact) mass is 989 g/mol. The van der Waals surface area contributed by atoms with Gasteiger partial charge in [-0.05, 0) is 37.0 Å². The maximum atomic E-state index is 12.9. The Hall–Kier alpha value is -1.59. The predicted octanol–water partition coefficient (Wildman–Crippen LogP) is 21.1. The molecule has 416 valence electrons. The molecule has 0 aliphatic carbocycles. The van der Waals surface area contributed by atoms with Gasteiger partial charge in [-0.2, -0.15) is 0 Å². The molecule has 0 aromatic carbocycles. The summed E-state index contributed by atoms with van der Waals surface area (Å²) >= 11 is 0. The second-order valence-electron chi connectivity index (χ2n) is 23.2. The molecule has 0 heterocycles. The van der Waals surface area contributed by atoms with Crippen LogP contribution in [0.5, 0.6) is 0 Å². The fraction of sp³-hybridized carbons (Fsp3) is 0.953. The summed E-state index contributed by atoms with van der Waals surface area (Å²) in [7, 11) is 0. The van der Waals surface area contributed by atoms with E-state index in [1.807, 2.05) is 0 Å². The Morgan fingerprint density at radius 2 is 0.500 bits per heavy atom. The summed E-state index contributed by atoms with van der Waals surface area (Å²) < 4.78 is 16.9. The minimum Gasteiger partial charge on any atom is -0.462 e. The molecule has 0 aromatic rings. The van der Waals surface area contributed by atoms with E-state index in [1.165, 1.54) is 238 Å². The van der Waals surface area contributed by atoms with Gasteiger partial charge in [0.25, 0.3) is 0 Å². The van der Waals surface area contributed by atoms with Crippen LogP contribution in [0.3, 0.4) is 0 Å². The van der Waals surface area contributed by atoms with E-state index < -0.39 is 6.10 Å². The van der Waals surface area contributed by atoms with E-state index in [-0.39, 0.29) is 31.1 Å². The fourth-order valence-electron chi connectivity index (χ4n) is 9.85. The number of rotatable bonds is 57. The molecule has 0 rings (SSSR count). The van der Waals surface area contributed by atoms with Gasteiger partial charge in [0.05, 0.1) is 0 Å². The topological polar surface area (TPSA) is 78.9 Å². The zero-order chi connectivity index (χ0) is 51.2. The Labute approximate surface area is 438 Å². The zero-order valence-corrected chi connectivity index (χ0v) is 48.3. The van der Waals surface area contributed by atoms with Crippen molar-refractivity contribution in [3.8, 4) is 0 Å². The first-order valence-electron chi connectivity index (χ1n) is 31.6. The highest BCUT2D eigenvalue weighted by atomic mass is 16.6. The van der Waals surface area contributed by atoms with Crippen molar-refractivity contribution in [2.75, 3.05) is 13.2 Å². The molecule has 0 saturated carbocycles. The highest BCUT2D eigenvalue weighted by Crippen LogP contribution is 2.19. The van der Waals surface area contributed by atoms with Crippen molar-refractivity contribution in [3.63, 3.8) is 0 Å². The van der Waals surface area contributed by atoms with Crippen LogP contribution in [0.1, 0.15) is 356 Å². The average Bonchev–Trinajstić information content (AvgIpc) is 3.33. The van der Waals surface area contributed by atoms with Crippen LogP contribution in [0.25, 0.3) is 0 Å². The van der Waals surface area contributed by atoms with Crippen molar-refractivity contribution in [1.82, 2.24) is 0 Å². The van der Waals surface area contributed by atoms with Crippen LogP contribution in [0.2, 0.25) is 0 Å². The number of esters is 3. The van der Waals surface area contributed by atoms with E-state index in [4.69, 9.17) is 14.2 Å². The maximum absolute atomic E-state index is 12.9. The molecule has 0 radical (unpaired) electrons. The van der Waals surface area contributed by atoms with Crippen molar-refractivity contribution in [2.45, 2.75) is 362 Å². The minimum absolute atomic E-state index is 0.0637. The molecular weight excluding hydrogens is 865 g/mol. The molecule has 0 aromatic heterocycles. The standard InChI is InChI=1S/C64H124O6/c1-7-60(6)52-46-40-33-29-25-21-17-13-9-11-15-19-23-27-31-35-43-49-55-64(67)70-61(57-69-63(66)54-48-42-37-36-39-45-51-59(4)5)56-68-62(65)53-47-41-34-30-26-22-18-14-10-8-12-16-20-24-28-32-38-44-50-58(2)3/h58-61H,7-57H2,1-6H3/t60?,61-/m1/s1. The first-order chi connectivity index (χ1) is 34.1. The summed E-state index contributed by atoms with van der Waals surface area (Å²) in [6, 6.07) is 0. The van der Waals surface area contributed by atoms with Crippen LogP contribution in [0.4, 0.5) is 0 Å². The van der Waals surface area contributed by atoms with Crippen molar-refractivity contribution < 1.29 is 28.6 Å². The molecule has 0 aliphatic rings. The number of carbonyl (C=O) groups excluding carboxylic acids is 3. The van der Waals surface area contributed by atoms with Crippen molar-refractivity contribution in [2.24, 2.45) is 17.8 Å². The number of hydrogen-bond donors (Lipinski definition) is 0. The summed E-state index contributed by atoms with van der Waals surface area (Å²) in [6.45, 7) is 13.8. The third kappa shape index (κ3) is 55.7. The summed E-state index contributed by atoms with van der Waals surface area (Å²) in [4.78, 5) is 38.2. The Balaban J connectivity index is 4.16. The number of carbonyl (C=O) groups is 3. The van der Waals surface area contributed by atoms with Gasteiger partial charge in [-0.1, -0.05) is 318 Å². The zero-order valence-electron chi connectivity index (χ0n) is 48.3. The van der Waals surface area contributed by atoms with E-state index in [0.29, 0.717) is 19.3 Å².